The van der Waals surface area contributed by atoms with Crippen molar-refractivity contribution in [3.63, 3.8) is 0 Å². The normalized spacial score (nSPS) is 18.1. The summed E-state index contributed by atoms with van der Waals surface area (Å²) in [4.78, 5) is 61.7. The van der Waals surface area contributed by atoms with Gasteiger partial charge in [-0.2, -0.15) is 0 Å². The van der Waals surface area contributed by atoms with Crippen LogP contribution in [0.3, 0.4) is 0 Å². The molecule has 8 N–H and O–H groups in total. The Morgan fingerprint density at radius 2 is 1.70 bits per heavy atom. The first-order chi connectivity index (χ1) is 15.6. The minimum Gasteiger partial charge on any atom is -0.480 e. The smallest absolute Gasteiger partial charge is 0.326 e. The van der Waals surface area contributed by atoms with Crippen molar-refractivity contribution in [3.05, 3.63) is 35.9 Å². The second kappa shape index (κ2) is 11.9. The number of carboxylic acids is 1. The largest absolute Gasteiger partial charge is 0.480 e. The Morgan fingerprint density at radius 1 is 1.06 bits per heavy atom. The minimum atomic E-state index is -1.40. The lowest BCUT2D eigenvalue weighted by Gasteiger charge is -2.28. The number of aliphatic hydroxyl groups excluding tert-OH is 1. The van der Waals surface area contributed by atoms with Gasteiger partial charge in [0.2, 0.25) is 23.6 Å². The fraction of sp³-hybridized carbons (Fsp3) is 0.476. The lowest BCUT2D eigenvalue weighted by atomic mass is 10.0. The number of benzene rings is 1. The second-order valence-electron chi connectivity index (χ2n) is 7.80. The quantitative estimate of drug-likeness (QED) is 0.206. The van der Waals surface area contributed by atoms with Crippen LogP contribution in [0.4, 0.5) is 0 Å². The van der Waals surface area contributed by atoms with Crippen molar-refractivity contribution in [1.29, 1.82) is 0 Å². The summed E-state index contributed by atoms with van der Waals surface area (Å²) < 4.78 is 0. The van der Waals surface area contributed by atoms with E-state index >= 15 is 0 Å². The number of carboxylic acid groups (broad SMARTS) is 1. The van der Waals surface area contributed by atoms with Gasteiger partial charge in [0.05, 0.1) is 19.1 Å². The molecular formula is C21H29N5O7. The van der Waals surface area contributed by atoms with Crippen molar-refractivity contribution in [2.45, 2.75) is 49.9 Å². The predicted molar refractivity (Wildman–Crippen MR) is 115 cm³/mol. The first-order valence-electron chi connectivity index (χ1n) is 10.5. The van der Waals surface area contributed by atoms with Gasteiger partial charge in [-0.05, 0) is 18.4 Å². The molecule has 1 aromatic carbocycles. The van der Waals surface area contributed by atoms with E-state index in [4.69, 9.17) is 11.5 Å². The van der Waals surface area contributed by atoms with E-state index in [2.05, 4.69) is 10.6 Å². The molecule has 0 spiro atoms. The number of nitrogens with two attached hydrogens (primary N) is 2. The fourth-order valence-electron chi connectivity index (χ4n) is 3.59. The Balaban J connectivity index is 2.16. The number of hydrogen-bond donors (Lipinski definition) is 6. The van der Waals surface area contributed by atoms with Crippen molar-refractivity contribution < 1.29 is 34.2 Å². The number of carbonyl (C=O) groups is 5. The summed E-state index contributed by atoms with van der Waals surface area (Å²) in [6.45, 7) is -0.574. The van der Waals surface area contributed by atoms with Gasteiger partial charge in [0.1, 0.15) is 18.1 Å². The zero-order valence-electron chi connectivity index (χ0n) is 18.0. The maximum Gasteiger partial charge on any atom is 0.326 e. The highest BCUT2D eigenvalue weighted by atomic mass is 16.4. The number of primary amides is 1. The van der Waals surface area contributed by atoms with Crippen LogP contribution in [-0.2, 0) is 30.4 Å². The molecule has 1 fully saturated rings. The molecule has 1 saturated heterocycles. The van der Waals surface area contributed by atoms with Gasteiger partial charge in [-0.3, -0.25) is 19.2 Å². The number of likely N-dealkylation sites (tertiary alicyclic amines) is 1. The lowest BCUT2D eigenvalue weighted by Crippen LogP contribution is -2.58. The van der Waals surface area contributed by atoms with Gasteiger partial charge in [-0.1, -0.05) is 30.3 Å². The van der Waals surface area contributed by atoms with Crippen LogP contribution < -0.4 is 22.1 Å². The SMILES string of the molecule is NC(=O)CC(N)C(=O)NC(Cc1ccccc1)C(=O)NC(CO)C(=O)N1CCCC1C(=O)O. The Bertz CT molecular complexity index is 879. The molecule has 1 aliphatic heterocycles. The van der Waals surface area contributed by atoms with E-state index in [0.717, 1.165) is 4.90 Å². The van der Waals surface area contributed by atoms with E-state index in [1.54, 1.807) is 30.3 Å². The zero-order valence-corrected chi connectivity index (χ0v) is 18.0. The minimum absolute atomic E-state index is 0.0372. The monoisotopic (exact) mass is 463 g/mol. The van der Waals surface area contributed by atoms with Crippen LogP contribution in [0.2, 0.25) is 0 Å². The molecular weight excluding hydrogens is 434 g/mol. The van der Waals surface area contributed by atoms with Crippen LogP contribution >= 0.6 is 0 Å². The molecule has 0 bridgehead atoms. The predicted octanol–water partition coefficient (Wildman–Crippen LogP) is -2.53. The van der Waals surface area contributed by atoms with Crippen molar-refractivity contribution >= 4 is 29.6 Å². The molecule has 12 heteroatoms. The van der Waals surface area contributed by atoms with Gasteiger partial charge in [-0.15, -0.1) is 0 Å². The number of hydrogen-bond acceptors (Lipinski definition) is 7. The number of rotatable bonds is 11. The third kappa shape index (κ3) is 7.26. The number of aliphatic carboxylic acids is 1. The Labute approximate surface area is 190 Å². The van der Waals surface area contributed by atoms with E-state index in [9.17, 15) is 34.2 Å². The summed E-state index contributed by atoms with van der Waals surface area (Å²) in [6, 6.07) is 3.82. The van der Waals surface area contributed by atoms with E-state index in [-0.39, 0.29) is 19.4 Å². The van der Waals surface area contributed by atoms with Crippen LogP contribution in [0.25, 0.3) is 0 Å². The van der Waals surface area contributed by atoms with Crippen LogP contribution in [0, 0.1) is 0 Å². The number of nitrogens with one attached hydrogen (secondary N) is 2. The van der Waals surface area contributed by atoms with Crippen molar-refractivity contribution in [3.8, 4) is 0 Å². The molecule has 0 radical (unpaired) electrons. The summed E-state index contributed by atoms with van der Waals surface area (Å²) in [5.41, 5.74) is 11.4. The zero-order chi connectivity index (χ0) is 24.5. The molecule has 1 aliphatic rings. The summed E-state index contributed by atoms with van der Waals surface area (Å²) in [6.07, 6.45) is 0.376. The molecule has 2 rings (SSSR count). The van der Waals surface area contributed by atoms with E-state index in [1.807, 2.05) is 0 Å². The Kier molecular flexibility index (Phi) is 9.30. The molecule has 12 nitrogen and oxygen atoms in total. The molecule has 0 aliphatic carbocycles. The lowest BCUT2D eigenvalue weighted by molar-refractivity contribution is -0.150. The number of amides is 4. The highest BCUT2D eigenvalue weighted by Crippen LogP contribution is 2.18. The van der Waals surface area contributed by atoms with Gasteiger partial charge in [-0.25, -0.2) is 4.79 Å². The first-order valence-corrected chi connectivity index (χ1v) is 10.5. The standard InChI is InChI=1S/C21H29N5O7/c22-13(10-17(23)28)18(29)24-14(9-12-5-2-1-3-6-12)19(30)25-15(11-27)20(31)26-8-4-7-16(26)21(32)33/h1-3,5-6,13-16,27H,4,7-11,22H2,(H2,23,28)(H,24,29)(H,25,30)(H,32,33). The van der Waals surface area contributed by atoms with Gasteiger partial charge in [0.15, 0.2) is 0 Å². The van der Waals surface area contributed by atoms with Crippen LogP contribution in [-0.4, -0.2) is 82.0 Å². The molecule has 0 aromatic heterocycles. The topological polar surface area (TPSA) is 205 Å². The molecule has 4 atom stereocenters. The second-order valence-corrected chi connectivity index (χ2v) is 7.80. The van der Waals surface area contributed by atoms with E-state index < -0.39 is 66.8 Å². The fourth-order valence-corrected chi connectivity index (χ4v) is 3.59. The molecule has 180 valence electrons. The molecule has 1 aromatic rings. The molecule has 4 amide bonds. The number of aliphatic hydroxyl groups is 1. The maximum atomic E-state index is 13.0. The van der Waals surface area contributed by atoms with Gasteiger partial charge in [0.25, 0.3) is 0 Å². The Hall–Kier alpha value is -3.51. The van der Waals surface area contributed by atoms with E-state index in [1.165, 1.54) is 0 Å². The highest BCUT2D eigenvalue weighted by Gasteiger charge is 2.38. The third-order valence-electron chi connectivity index (χ3n) is 5.29. The average Bonchev–Trinajstić information content (AvgIpc) is 3.27. The van der Waals surface area contributed by atoms with Crippen molar-refractivity contribution in [1.82, 2.24) is 15.5 Å². The maximum absolute atomic E-state index is 13.0. The van der Waals surface area contributed by atoms with Gasteiger partial charge in [0, 0.05) is 13.0 Å². The number of nitrogens with zero attached hydrogens (tertiary/aromatic N) is 1. The highest BCUT2D eigenvalue weighted by molar-refractivity contribution is 5.95. The van der Waals surface area contributed by atoms with Crippen molar-refractivity contribution in [2.75, 3.05) is 13.2 Å². The summed E-state index contributed by atoms with van der Waals surface area (Å²) >= 11 is 0. The van der Waals surface area contributed by atoms with Gasteiger partial charge < -0.3 is 37.2 Å². The average molecular weight is 463 g/mol. The third-order valence-corrected chi connectivity index (χ3v) is 5.29. The summed E-state index contributed by atoms with van der Waals surface area (Å²) in [7, 11) is 0. The molecule has 4 unspecified atom stereocenters. The van der Waals surface area contributed by atoms with Crippen LogP contribution in [0.1, 0.15) is 24.8 Å². The Morgan fingerprint density at radius 3 is 2.27 bits per heavy atom. The van der Waals surface area contributed by atoms with E-state index in [0.29, 0.717) is 12.0 Å². The number of carbonyl (C=O) groups excluding carboxylic acids is 4. The van der Waals surface area contributed by atoms with Crippen molar-refractivity contribution in [2.24, 2.45) is 11.5 Å². The molecule has 0 saturated carbocycles. The summed E-state index contributed by atoms with van der Waals surface area (Å²) in [5, 5.41) is 23.8. The molecule has 1 heterocycles. The molecule has 33 heavy (non-hydrogen) atoms. The summed E-state index contributed by atoms with van der Waals surface area (Å²) in [5.74, 6) is -4.25. The van der Waals surface area contributed by atoms with Gasteiger partial charge >= 0.3 is 5.97 Å². The van der Waals surface area contributed by atoms with Crippen LogP contribution in [0.15, 0.2) is 30.3 Å². The van der Waals surface area contributed by atoms with Crippen LogP contribution in [0.5, 0.6) is 0 Å². The first kappa shape index (κ1) is 25.7.